The van der Waals surface area contributed by atoms with Gasteiger partial charge in [0.15, 0.2) is 5.82 Å². The second kappa shape index (κ2) is 6.12. The number of benzene rings is 2. The molecule has 0 N–H and O–H groups in total. The summed E-state index contributed by atoms with van der Waals surface area (Å²) in [5.41, 5.74) is 0.344. The Balaban J connectivity index is 1.86. The Morgan fingerprint density at radius 3 is 2.57 bits per heavy atom. The van der Waals surface area contributed by atoms with E-state index in [4.69, 9.17) is 4.74 Å². The first-order valence-electron chi connectivity index (χ1n) is 6.73. The summed E-state index contributed by atoms with van der Waals surface area (Å²) in [5, 5.41) is 0. The SMILES string of the molecule is O=C(OCc1nc2ccccc2n1C(F)F)c1ccccc1F. The summed E-state index contributed by atoms with van der Waals surface area (Å²) in [5.74, 6) is -1.78. The average molecular weight is 320 g/mol. The van der Waals surface area contributed by atoms with Crippen molar-refractivity contribution in [3.8, 4) is 0 Å². The zero-order valence-electron chi connectivity index (χ0n) is 11.7. The van der Waals surface area contributed by atoms with Gasteiger partial charge in [-0.05, 0) is 24.3 Å². The Labute approximate surface area is 129 Å². The maximum Gasteiger partial charge on any atom is 0.341 e. The molecule has 1 aromatic heterocycles. The lowest BCUT2D eigenvalue weighted by Crippen LogP contribution is -2.11. The van der Waals surface area contributed by atoms with Crippen LogP contribution in [0, 0.1) is 5.82 Å². The molecule has 0 unspecified atom stereocenters. The number of hydrogen-bond donors (Lipinski definition) is 0. The second-order valence-electron chi connectivity index (χ2n) is 4.72. The van der Waals surface area contributed by atoms with Crippen molar-refractivity contribution in [2.45, 2.75) is 13.2 Å². The lowest BCUT2D eigenvalue weighted by atomic mass is 10.2. The third-order valence-corrected chi connectivity index (χ3v) is 3.29. The number of para-hydroxylation sites is 2. The first kappa shape index (κ1) is 15.1. The molecule has 0 aliphatic rings. The summed E-state index contributed by atoms with van der Waals surface area (Å²) in [6.45, 7) is -3.31. The molecule has 0 aliphatic carbocycles. The monoisotopic (exact) mass is 320 g/mol. The number of hydrogen-bond acceptors (Lipinski definition) is 3. The molecule has 0 bridgehead atoms. The average Bonchev–Trinajstić information content (AvgIpc) is 2.91. The molecule has 7 heteroatoms. The molecule has 0 aliphatic heterocycles. The molecule has 0 fully saturated rings. The van der Waals surface area contributed by atoms with Gasteiger partial charge >= 0.3 is 12.5 Å². The molecule has 0 saturated heterocycles. The molecule has 0 atom stereocenters. The Bertz CT molecular complexity index is 861. The van der Waals surface area contributed by atoms with Gasteiger partial charge in [-0.2, -0.15) is 8.78 Å². The van der Waals surface area contributed by atoms with Crippen molar-refractivity contribution in [1.82, 2.24) is 9.55 Å². The third kappa shape index (κ3) is 2.90. The van der Waals surface area contributed by atoms with Crippen molar-refractivity contribution < 1.29 is 22.7 Å². The molecule has 4 nitrogen and oxygen atoms in total. The number of esters is 1. The number of carbonyl (C=O) groups is 1. The summed E-state index contributed by atoms with van der Waals surface area (Å²) >= 11 is 0. The highest BCUT2D eigenvalue weighted by Crippen LogP contribution is 2.23. The standard InChI is InChI=1S/C16H11F3N2O2/c17-11-6-2-1-5-10(11)15(22)23-9-14-20-12-7-3-4-8-13(12)21(14)16(18)19/h1-8,16H,9H2. The number of nitrogens with zero attached hydrogens (tertiary/aromatic N) is 2. The summed E-state index contributed by atoms with van der Waals surface area (Å²) in [6.07, 6.45) is 0. The van der Waals surface area contributed by atoms with Crippen LogP contribution in [-0.2, 0) is 11.3 Å². The zero-order valence-corrected chi connectivity index (χ0v) is 11.7. The van der Waals surface area contributed by atoms with E-state index in [1.54, 1.807) is 18.2 Å². The predicted molar refractivity (Wildman–Crippen MR) is 76.5 cm³/mol. The van der Waals surface area contributed by atoms with Gasteiger partial charge in [0.2, 0.25) is 0 Å². The summed E-state index contributed by atoms with van der Waals surface area (Å²) < 4.78 is 45.6. The van der Waals surface area contributed by atoms with Crippen LogP contribution < -0.4 is 0 Å². The number of alkyl halides is 2. The maximum atomic E-state index is 13.5. The van der Waals surface area contributed by atoms with Gasteiger partial charge in [-0.3, -0.25) is 4.57 Å². The highest BCUT2D eigenvalue weighted by Gasteiger charge is 2.19. The van der Waals surface area contributed by atoms with Crippen molar-refractivity contribution in [1.29, 1.82) is 0 Å². The molecule has 0 saturated carbocycles. The quantitative estimate of drug-likeness (QED) is 0.684. The molecule has 1 heterocycles. The van der Waals surface area contributed by atoms with Gasteiger partial charge in [0.1, 0.15) is 12.4 Å². The lowest BCUT2D eigenvalue weighted by Gasteiger charge is -2.08. The molecule has 2 aromatic carbocycles. The first-order chi connectivity index (χ1) is 11.1. The fourth-order valence-corrected chi connectivity index (χ4v) is 2.25. The summed E-state index contributed by atoms with van der Waals surface area (Å²) in [6, 6.07) is 11.6. The number of halogens is 3. The van der Waals surface area contributed by atoms with Crippen LogP contribution in [0.15, 0.2) is 48.5 Å². The van der Waals surface area contributed by atoms with E-state index < -0.39 is 24.9 Å². The molecule has 0 spiro atoms. The van der Waals surface area contributed by atoms with E-state index in [0.29, 0.717) is 10.1 Å². The van der Waals surface area contributed by atoms with Crippen molar-refractivity contribution in [2.75, 3.05) is 0 Å². The lowest BCUT2D eigenvalue weighted by molar-refractivity contribution is 0.0383. The van der Waals surface area contributed by atoms with E-state index in [0.717, 1.165) is 6.07 Å². The topological polar surface area (TPSA) is 44.1 Å². The van der Waals surface area contributed by atoms with Crippen molar-refractivity contribution in [3.05, 3.63) is 65.7 Å². The van der Waals surface area contributed by atoms with Crippen LogP contribution in [0.1, 0.15) is 22.7 Å². The van der Waals surface area contributed by atoms with Crippen molar-refractivity contribution in [2.24, 2.45) is 0 Å². The summed E-state index contributed by atoms with van der Waals surface area (Å²) in [4.78, 5) is 15.9. The highest BCUT2D eigenvalue weighted by atomic mass is 19.3. The van der Waals surface area contributed by atoms with Gasteiger partial charge in [0.05, 0.1) is 16.6 Å². The summed E-state index contributed by atoms with van der Waals surface area (Å²) in [7, 11) is 0. The zero-order chi connectivity index (χ0) is 16.4. The normalized spacial score (nSPS) is 11.1. The van der Waals surface area contributed by atoms with Gasteiger partial charge in [-0.15, -0.1) is 0 Å². The fourth-order valence-electron chi connectivity index (χ4n) is 2.25. The molecule has 3 rings (SSSR count). The molecular weight excluding hydrogens is 309 g/mol. The van der Waals surface area contributed by atoms with Gasteiger partial charge in [-0.1, -0.05) is 24.3 Å². The number of imidazole rings is 1. The smallest absolute Gasteiger partial charge is 0.341 e. The van der Waals surface area contributed by atoms with Crippen LogP contribution in [0.5, 0.6) is 0 Å². The Hall–Kier alpha value is -2.83. The van der Waals surface area contributed by atoms with Gasteiger partial charge < -0.3 is 4.74 Å². The van der Waals surface area contributed by atoms with Crippen LogP contribution in [-0.4, -0.2) is 15.5 Å². The Morgan fingerprint density at radius 2 is 1.83 bits per heavy atom. The van der Waals surface area contributed by atoms with E-state index in [9.17, 15) is 18.0 Å². The van der Waals surface area contributed by atoms with E-state index in [-0.39, 0.29) is 16.9 Å². The minimum Gasteiger partial charge on any atom is -0.454 e. The van der Waals surface area contributed by atoms with Crippen molar-refractivity contribution >= 4 is 17.0 Å². The molecular formula is C16H11F3N2O2. The van der Waals surface area contributed by atoms with Crippen LogP contribution >= 0.6 is 0 Å². The minimum absolute atomic E-state index is 0.106. The van der Waals surface area contributed by atoms with Crippen LogP contribution in [0.25, 0.3) is 11.0 Å². The minimum atomic E-state index is -2.83. The molecule has 0 radical (unpaired) electrons. The maximum absolute atomic E-state index is 13.5. The number of ether oxygens (including phenoxy) is 1. The third-order valence-electron chi connectivity index (χ3n) is 3.29. The van der Waals surface area contributed by atoms with E-state index in [1.165, 1.54) is 24.3 Å². The predicted octanol–water partition coefficient (Wildman–Crippen LogP) is 3.93. The van der Waals surface area contributed by atoms with Crippen molar-refractivity contribution in [3.63, 3.8) is 0 Å². The van der Waals surface area contributed by atoms with E-state index >= 15 is 0 Å². The van der Waals surface area contributed by atoms with E-state index in [1.807, 2.05) is 0 Å². The molecule has 118 valence electrons. The molecule has 3 aromatic rings. The van der Waals surface area contributed by atoms with Gasteiger partial charge in [0, 0.05) is 0 Å². The Morgan fingerprint density at radius 1 is 1.13 bits per heavy atom. The van der Waals surface area contributed by atoms with Gasteiger partial charge in [-0.25, -0.2) is 14.2 Å². The molecule has 23 heavy (non-hydrogen) atoms. The molecule has 0 amide bonds. The first-order valence-corrected chi connectivity index (χ1v) is 6.73. The number of rotatable bonds is 4. The second-order valence-corrected chi connectivity index (χ2v) is 4.72. The number of carbonyl (C=O) groups excluding carboxylic acids is 1. The fraction of sp³-hybridized carbons (Fsp3) is 0.125. The largest absolute Gasteiger partial charge is 0.454 e. The number of aromatic nitrogens is 2. The van der Waals surface area contributed by atoms with Crippen LogP contribution in [0.2, 0.25) is 0 Å². The van der Waals surface area contributed by atoms with Crippen LogP contribution in [0.3, 0.4) is 0 Å². The Kier molecular flexibility index (Phi) is 4.01. The number of fused-ring (bicyclic) bond motifs is 1. The van der Waals surface area contributed by atoms with E-state index in [2.05, 4.69) is 4.98 Å². The van der Waals surface area contributed by atoms with Crippen LogP contribution in [0.4, 0.5) is 13.2 Å². The highest BCUT2D eigenvalue weighted by molar-refractivity contribution is 5.89. The van der Waals surface area contributed by atoms with Gasteiger partial charge in [0.25, 0.3) is 0 Å².